The lowest BCUT2D eigenvalue weighted by molar-refractivity contribution is 0.112. The Hall–Kier alpha value is -1.35. The van der Waals surface area contributed by atoms with E-state index >= 15 is 0 Å². The van der Waals surface area contributed by atoms with Gasteiger partial charge in [-0.1, -0.05) is 0 Å². The molecule has 3 heteroatoms. The molecule has 17 heavy (non-hydrogen) atoms. The molecule has 1 aromatic carbocycles. The quantitative estimate of drug-likeness (QED) is 0.707. The maximum absolute atomic E-state index is 10.8. The number of nitrogens with zero attached hydrogens (tertiary/aromatic N) is 1. The molecule has 0 atom stereocenters. The van der Waals surface area contributed by atoms with Crippen molar-refractivity contribution in [2.24, 2.45) is 0 Å². The standard InChI is InChI=1S/C14H19NO2/c1-11-9-14(4-3-12(11)10-16)15(7-8-17-2)13-5-6-13/h3-4,9-10,13H,5-8H2,1-2H3. The van der Waals surface area contributed by atoms with Gasteiger partial charge in [0, 0.05) is 30.9 Å². The second-order valence-electron chi connectivity index (χ2n) is 4.58. The van der Waals surface area contributed by atoms with E-state index in [-0.39, 0.29) is 0 Å². The zero-order chi connectivity index (χ0) is 12.3. The van der Waals surface area contributed by atoms with Crippen LogP contribution in [0.3, 0.4) is 0 Å². The van der Waals surface area contributed by atoms with Crippen LogP contribution in [0.4, 0.5) is 5.69 Å². The summed E-state index contributed by atoms with van der Waals surface area (Å²) >= 11 is 0. The molecule has 0 bridgehead atoms. The fourth-order valence-electron chi connectivity index (χ4n) is 2.07. The van der Waals surface area contributed by atoms with Crippen LogP contribution in [0.25, 0.3) is 0 Å². The first-order chi connectivity index (χ1) is 8.26. The van der Waals surface area contributed by atoms with Crippen molar-refractivity contribution in [2.75, 3.05) is 25.2 Å². The molecule has 92 valence electrons. The summed E-state index contributed by atoms with van der Waals surface area (Å²) in [7, 11) is 1.73. The van der Waals surface area contributed by atoms with E-state index in [1.807, 2.05) is 19.1 Å². The minimum absolute atomic E-state index is 0.659. The van der Waals surface area contributed by atoms with E-state index in [2.05, 4.69) is 11.0 Å². The summed E-state index contributed by atoms with van der Waals surface area (Å²) in [6.07, 6.45) is 3.44. The van der Waals surface area contributed by atoms with Gasteiger partial charge in [-0.25, -0.2) is 0 Å². The molecule has 0 aromatic heterocycles. The van der Waals surface area contributed by atoms with E-state index < -0.39 is 0 Å². The van der Waals surface area contributed by atoms with Crippen molar-refractivity contribution < 1.29 is 9.53 Å². The summed E-state index contributed by atoms with van der Waals surface area (Å²) in [5, 5.41) is 0. The third-order valence-corrected chi connectivity index (χ3v) is 3.24. The van der Waals surface area contributed by atoms with Crippen LogP contribution < -0.4 is 4.90 Å². The topological polar surface area (TPSA) is 29.5 Å². The van der Waals surface area contributed by atoms with Crippen molar-refractivity contribution in [1.29, 1.82) is 0 Å². The third-order valence-electron chi connectivity index (χ3n) is 3.24. The Bertz CT molecular complexity index is 399. The molecule has 1 aliphatic carbocycles. The van der Waals surface area contributed by atoms with Crippen LogP contribution in [0, 0.1) is 6.92 Å². The monoisotopic (exact) mass is 233 g/mol. The van der Waals surface area contributed by atoms with Gasteiger partial charge >= 0.3 is 0 Å². The van der Waals surface area contributed by atoms with Crippen LogP contribution >= 0.6 is 0 Å². The molecule has 1 aliphatic rings. The Morgan fingerprint density at radius 2 is 2.24 bits per heavy atom. The zero-order valence-electron chi connectivity index (χ0n) is 10.5. The van der Waals surface area contributed by atoms with E-state index in [1.165, 1.54) is 18.5 Å². The van der Waals surface area contributed by atoms with Crippen LogP contribution in [0.15, 0.2) is 18.2 Å². The van der Waals surface area contributed by atoms with Crippen molar-refractivity contribution in [1.82, 2.24) is 0 Å². The first kappa shape index (κ1) is 12.1. The molecule has 0 spiro atoms. The summed E-state index contributed by atoms with van der Waals surface area (Å²) in [6.45, 7) is 3.64. The van der Waals surface area contributed by atoms with Gasteiger partial charge in [0.15, 0.2) is 0 Å². The van der Waals surface area contributed by atoms with E-state index in [4.69, 9.17) is 4.74 Å². The predicted molar refractivity (Wildman–Crippen MR) is 68.8 cm³/mol. The first-order valence-corrected chi connectivity index (χ1v) is 6.07. The van der Waals surface area contributed by atoms with Crippen molar-refractivity contribution >= 4 is 12.0 Å². The van der Waals surface area contributed by atoms with Gasteiger partial charge in [-0.15, -0.1) is 0 Å². The second-order valence-corrected chi connectivity index (χ2v) is 4.58. The van der Waals surface area contributed by atoms with Gasteiger partial charge in [-0.05, 0) is 43.5 Å². The minimum atomic E-state index is 0.659. The molecular formula is C14H19NO2. The normalized spacial score (nSPS) is 14.7. The molecule has 1 aromatic rings. The fourth-order valence-corrected chi connectivity index (χ4v) is 2.07. The number of carbonyl (C=O) groups is 1. The smallest absolute Gasteiger partial charge is 0.150 e. The molecular weight excluding hydrogens is 214 g/mol. The zero-order valence-corrected chi connectivity index (χ0v) is 10.5. The number of rotatable bonds is 6. The van der Waals surface area contributed by atoms with Gasteiger partial charge in [0.2, 0.25) is 0 Å². The second kappa shape index (κ2) is 5.32. The molecule has 3 nitrogen and oxygen atoms in total. The number of anilines is 1. The summed E-state index contributed by atoms with van der Waals surface area (Å²) in [5.41, 5.74) is 3.02. The van der Waals surface area contributed by atoms with Crippen molar-refractivity contribution in [3.8, 4) is 0 Å². The molecule has 0 radical (unpaired) electrons. The Morgan fingerprint density at radius 1 is 1.47 bits per heavy atom. The highest BCUT2D eigenvalue weighted by molar-refractivity contribution is 5.78. The Balaban J connectivity index is 2.17. The molecule has 2 rings (SSSR count). The molecule has 0 amide bonds. The summed E-state index contributed by atoms with van der Waals surface area (Å²) in [4.78, 5) is 13.2. The first-order valence-electron chi connectivity index (χ1n) is 6.07. The highest BCUT2D eigenvalue weighted by Gasteiger charge is 2.29. The van der Waals surface area contributed by atoms with Crippen LogP contribution in [0.1, 0.15) is 28.8 Å². The molecule has 1 saturated carbocycles. The van der Waals surface area contributed by atoms with E-state index in [1.54, 1.807) is 7.11 Å². The fraction of sp³-hybridized carbons (Fsp3) is 0.500. The van der Waals surface area contributed by atoms with Crippen molar-refractivity contribution in [3.63, 3.8) is 0 Å². The van der Waals surface area contributed by atoms with Gasteiger partial charge in [0.25, 0.3) is 0 Å². The average molecular weight is 233 g/mol. The summed E-state index contributed by atoms with van der Waals surface area (Å²) in [5.74, 6) is 0. The van der Waals surface area contributed by atoms with Gasteiger partial charge in [0.05, 0.1) is 6.61 Å². The van der Waals surface area contributed by atoms with E-state index in [9.17, 15) is 4.79 Å². The van der Waals surface area contributed by atoms with Crippen LogP contribution in [-0.4, -0.2) is 32.6 Å². The van der Waals surface area contributed by atoms with Crippen LogP contribution in [0.2, 0.25) is 0 Å². The van der Waals surface area contributed by atoms with Gasteiger partial charge in [0.1, 0.15) is 6.29 Å². The maximum atomic E-state index is 10.8. The lowest BCUT2D eigenvalue weighted by Gasteiger charge is -2.25. The number of benzene rings is 1. The Kier molecular flexibility index (Phi) is 3.79. The van der Waals surface area contributed by atoms with Gasteiger partial charge in [-0.3, -0.25) is 4.79 Å². The van der Waals surface area contributed by atoms with Crippen molar-refractivity contribution in [2.45, 2.75) is 25.8 Å². The van der Waals surface area contributed by atoms with Crippen molar-refractivity contribution in [3.05, 3.63) is 29.3 Å². The van der Waals surface area contributed by atoms with Gasteiger partial charge in [-0.2, -0.15) is 0 Å². The minimum Gasteiger partial charge on any atom is -0.383 e. The Morgan fingerprint density at radius 3 is 2.76 bits per heavy atom. The predicted octanol–water partition coefficient (Wildman–Crippen LogP) is 2.42. The summed E-state index contributed by atoms with van der Waals surface area (Å²) < 4.78 is 5.15. The van der Waals surface area contributed by atoms with Crippen LogP contribution in [-0.2, 0) is 4.74 Å². The van der Waals surface area contributed by atoms with E-state index in [0.717, 1.165) is 30.6 Å². The van der Waals surface area contributed by atoms with Crippen LogP contribution in [0.5, 0.6) is 0 Å². The lowest BCUT2D eigenvalue weighted by Crippen LogP contribution is -2.29. The number of hydrogen-bond donors (Lipinski definition) is 0. The average Bonchev–Trinajstić information content (AvgIpc) is 3.14. The number of methoxy groups -OCH3 is 1. The number of hydrogen-bond acceptors (Lipinski definition) is 3. The summed E-state index contributed by atoms with van der Waals surface area (Å²) in [6, 6.07) is 6.69. The lowest BCUT2D eigenvalue weighted by atomic mass is 10.1. The number of aldehydes is 1. The third kappa shape index (κ3) is 2.86. The Labute approximate surface area is 102 Å². The highest BCUT2D eigenvalue weighted by atomic mass is 16.5. The number of ether oxygens (including phenoxy) is 1. The SMILES string of the molecule is COCCN(c1ccc(C=O)c(C)c1)C1CC1. The highest BCUT2D eigenvalue weighted by Crippen LogP contribution is 2.32. The largest absolute Gasteiger partial charge is 0.383 e. The molecule has 0 N–H and O–H groups in total. The number of carbonyl (C=O) groups excluding carboxylic acids is 1. The van der Waals surface area contributed by atoms with E-state index in [0.29, 0.717) is 6.04 Å². The maximum Gasteiger partial charge on any atom is 0.150 e. The molecule has 0 saturated heterocycles. The van der Waals surface area contributed by atoms with Gasteiger partial charge < -0.3 is 9.64 Å². The molecule has 1 fully saturated rings. The molecule has 0 aliphatic heterocycles. The molecule has 0 heterocycles. The number of aryl methyl sites for hydroxylation is 1. The molecule has 0 unspecified atom stereocenters.